The molecule has 106 valence electrons. The van der Waals surface area contributed by atoms with Crippen LogP contribution >= 0.6 is 0 Å². The lowest BCUT2D eigenvalue weighted by atomic mass is 9.91. The highest BCUT2D eigenvalue weighted by Gasteiger charge is 2.38. The summed E-state index contributed by atoms with van der Waals surface area (Å²) in [5, 5.41) is 2.42. The smallest absolute Gasteiger partial charge is 0.234 e. The van der Waals surface area contributed by atoms with Crippen LogP contribution in [0.3, 0.4) is 0 Å². The molecule has 1 saturated heterocycles. The van der Waals surface area contributed by atoms with Crippen LogP contribution in [-0.4, -0.2) is 11.8 Å². The number of allylic oxidation sites excluding steroid dienone is 3. The van der Waals surface area contributed by atoms with Gasteiger partial charge in [-0.1, -0.05) is 50.5 Å². The Morgan fingerprint density at radius 3 is 2.58 bits per heavy atom. The molecule has 0 aromatic rings. The predicted octanol–water partition coefficient (Wildman–Crippen LogP) is 3.37. The highest BCUT2D eigenvalue weighted by atomic mass is 16.2. The molecule has 1 fully saturated rings. The summed E-state index contributed by atoms with van der Waals surface area (Å²) >= 11 is 0. The average molecular weight is 263 g/mol. The van der Waals surface area contributed by atoms with Gasteiger partial charge in [0.15, 0.2) is 0 Å². The van der Waals surface area contributed by atoms with Crippen LogP contribution in [0.2, 0.25) is 0 Å². The van der Waals surface area contributed by atoms with E-state index in [1.54, 1.807) is 0 Å². The molecule has 1 aliphatic heterocycles. The molecule has 2 unspecified atom stereocenters. The van der Waals surface area contributed by atoms with Crippen molar-refractivity contribution in [3.63, 3.8) is 0 Å². The summed E-state index contributed by atoms with van der Waals surface area (Å²) in [5.41, 5.74) is 0. The minimum atomic E-state index is -0.283. The Labute approximate surface area is 116 Å². The van der Waals surface area contributed by atoms with Crippen molar-refractivity contribution in [2.75, 3.05) is 0 Å². The van der Waals surface area contributed by atoms with Gasteiger partial charge in [0.05, 0.1) is 11.8 Å². The molecule has 0 aromatic carbocycles. The number of amides is 2. The van der Waals surface area contributed by atoms with Gasteiger partial charge in [-0.2, -0.15) is 0 Å². The van der Waals surface area contributed by atoms with Crippen molar-refractivity contribution in [2.45, 2.75) is 52.4 Å². The quantitative estimate of drug-likeness (QED) is 0.414. The Balaban J connectivity index is 2.46. The first-order valence-electron chi connectivity index (χ1n) is 7.33. The minimum absolute atomic E-state index is 0.135. The van der Waals surface area contributed by atoms with Gasteiger partial charge in [0.25, 0.3) is 0 Å². The van der Waals surface area contributed by atoms with Crippen molar-refractivity contribution in [3.05, 3.63) is 24.3 Å². The average Bonchev–Trinajstić information content (AvgIpc) is 2.66. The number of imide groups is 1. The van der Waals surface area contributed by atoms with Crippen LogP contribution in [0.15, 0.2) is 24.3 Å². The summed E-state index contributed by atoms with van der Waals surface area (Å²) in [7, 11) is 0. The van der Waals surface area contributed by atoms with E-state index >= 15 is 0 Å². The summed E-state index contributed by atoms with van der Waals surface area (Å²) in [4.78, 5) is 23.4. The number of hydrogen-bond acceptors (Lipinski definition) is 2. The number of rotatable bonds is 8. The summed E-state index contributed by atoms with van der Waals surface area (Å²) in [5.74, 6) is -0.793. The maximum Gasteiger partial charge on any atom is 0.234 e. The van der Waals surface area contributed by atoms with Gasteiger partial charge in [-0.25, -0.2) is 0 Å². The van der Waals surface area contributed by atoms with Crippen LogP contribution in [0.1, 0.15) is 52.4 Å². The second-order valence-electron chi connectivity index (χ2n) is 5.07. The lowest BCUT2D eigenvalue weighted by Crippen LogP contribution is -2.22. The number of carbonyl (C=O) groups excluding carboxylic acids is 2. The summed E-state index contributed by atoms with van der Waals surface area (Å²) in [6.45, 7) is 4.11. The van der Waals surface area contributed by atoms with E-state index in [2.05, 4.69) is 18.3 Å². The molecule has 1 N–H and O–H groups in total. The normalized spacial score (nSPS) is 23.7. The molecule has 2 amide bonds. The van der Waals surface area contributed by atoms with Crippen LogP contribution in [0.5, 0.6) is 0 Å². The maximum absolute atomic E-state index is 11.7. The molecule has 1 aliphatic rings. The van der Waals surface area contributed by atoms with Gasteiger partial charge in [-0.05, 0) is 26.2 Å². The third kappa shape index (κ3) is 5.01. The van der Waals surface area contributed by atoms with Crippen molar-refractivity contribution in [1.29, 1.82) is 0 Å². The molecular formula is C16H25NO2. The van der Waals surface area contributed by atoms with Crippen LogP contribution in [0, 0.1) is 11.8 Å². The van der Waals surface area contributed by atoms with E-state index in [4.69, 9.17) is 0 Å². The fourth-order valence-corrected chi connectivity index (χ4v) is 2.33. The molecule has 3 nitrogen and oxygen atoms in total. The van der Waals surface area contributed by atoms with E-state index in [1.165, 1.54) is 19.3 Å². The summed E-state index contributed by atoms with van der Waals surface area (Å²) < 4.78 is 0. The lowest BCUT2D eigenvalue weighted by molar-refractivity contribution is -0.125. The van der Waals surface area contributed by atoms with Gasteiger partial charge in [0.2, 0.25) is 11.8 Å². The molecule has 0 aliphatic carbocycles. The Kier molecular flexibility index (Phi) is 7.16. The van der Waals surface area contributed by atoms with Gasteiger partial charge in [0, 0.05) is 0 Å². The topological polar surface area (TPSA) is 46.2 Å². The molecule has 3 heteroatoms. The van der Waals surface area contributed by atoms with E-state index in [0.717, 1.165) is 12.8 Å². The van der Waals surface area contributed by atoms with Crippen LogP contribution < -0.4 is 5.32 Å². The lowest BCUT2D eigenvalue weighted by Gasteiger charge is -2.08. The fourth-order valence-electron chi connectivity index (χ4n) is 2.33. The van der Waals surface area contributed by atoms with Gasteiger partial charge in [-0.3, -0.25) is 14.9 Å². The predicted molar refractivity (Wildman–Crippen MR) is 77.5 cm³/mol. The highest BCUT2D eigenvalue weighted by molar-refractivity contribution is 6.05. The van der Waals surface area contributed by atoms with Crippen LogP contribution in [0.25, 0.3) is 0 Å². The monoisotopic (exact) mass is 263 g/mol. The molecular weight excluding hydrogens is 238 g/mol. The molecule has 19 heavy (non-hydrogen) atoms. The van der Waals surface area contributed by atoms with Crippen molar-refractivity contribution >= 4 is 11.8 Å². The minimum Gasteiger partial charge on any atom is -0.296 e. The maximum atomic E-state index is 11.7. The molecule has 0 spiro atoms. The third-order valence-corrected chi connectivity index (χ3v) is 3.51. The van der Waals surface area contributed by atoms with Gasteiger partial charge < -0.3 is 0 Å². The number of carbonyl (C=O) groups is 2. The SMILES string of the molecule is CC=CCC1C(=O)NC(=O)C1C=CCCCCCC. The number of unbranched alkanes of at least 4 members (excludes halogenated alkanes) is 4. The first kappa shape index (κ1) is 15.7. The molecule has 2 atom stereocenters. The molecule has 0 radical (unpaired) electrons. The molecule has 0 bridgehead atoms. The van der Waals surface area contributed by atoms with E-state index < -0.39 is 0 Å². The molecule has 0 aromatic heterocycles. The first-order valence-corrected chi connectivity index (χ1v) is 7.33. The van der Waals surface area contributed by atoms with Crippen molar-refractivity contribution in [1.82, 2.24) is 5.32 Å². The zero-order valence-electron chi connectivity index (χ0n) is 12.0. The fraction of sp³-hybridized carbons (Fsp3) is 0.625. The molecule has 0 saturated carbocycles. The Morgan fingerprint density at radius 2 is 1.89 bits per heavy atom. The zero-order valence-corrected chi connectivity index (χ0v) is 12.0. The summed E-state index contributed by atoms with van der Waals surface area (Å²) in [6, 6.07) is 0. The Hall–Kier alpha value is -1.38. The molecule has 1 rings (SSSR count). The Bertz CT molecular complexity index is 358. The van der Waals surface area contributed by atoms with E-state index in [9.17, 15) is 9.59 Å². The van der Waals surface area contributed by atoms with E-state index in [0.29, 0.717) is 6.42 Å². The zero-order chi connectivity index (χ0) is 14.1. The Morgan fingerprint density at radius 1 is 1.11 bits per heavy atom. The highest BCUT2D eigenvalue weighted by Crippen LogP contribution is 2.24. The summed E-state index contributed by atoms with van der Waals surface area (Å²) in [6.07, 6.45) is 14.4. The van der Waals surface area contributed by atoms with Gasteiger partial charge in [0.1, 0.15) is 0 Å². The standard InChI is InChI=1S/C16H25NO2/c1-3-5-7-8-9-10-12-14-13(11-6-4-2)15(18)17-16(14)19/h4,6,10,12-14H,3,5,7-9,11H2,1-2H3,(H,17,18,19). The van der Waals surface area contributed by atoms with Crippen molar-refractivity contribution in [3.8, 4) is 0 Å². The van der Waals surface area contributed by atoms with Crippen molar-refractivity contribution < 1.29 is 9.59 Å². The van der Waals surface area contributed by atoms with Crippen LogP contribution in [0.4, 0.5) is 0 Å². The first-order chi connectivity index (χ1) is 9.20. The van der Waals surface area contributed by atoms with E-state index in [1.807, 2.05) is 25.2 Å². The molecule has 1 heterocycles. The number of hydrogen-bond donors (Lipinski definition) is 1. The second kappa shape index (κ2) is 8.68. The van der Waals surface area contributed by atoms with E-state index in [-0.39, 0.29) is 23.7 Å². The number of nitrogens with one attached hydrogen (secondary N) is 1. The second-order valence-corrected chi connectivity index (χ2v) is 5.07. The van der Waals surface area contributed by atoms with Gasteiger partial charge >= 0.3 is 0 Å². The third-order valence-electron chi connectivity index (χ3n) is 3.51. The van der Waals surface area contributed by atoms with Gasteiger partial charge in [-0.15, -0.1) is 0 Å². The van der Waals surface area contributed by atoms with Crippen LogP contribution in [-0.2, 0) is 9.59 Å². The van der Waals surface area contributed by atoms with Crippen molar-refractivity contribution in [2.24, 2.45) is 11.8 Å². The largest absolute Gasteiger partial charge is 0.296 e.